The van der Waals surface area contributed by atoms with E-state index in [-0.39, 0.29) is 12.2 Å². The first kappa shape index (κ1) is 14.2. The lowest BCUT2D eigenvalue weighted by Crippen LogP contribution is -2.22. The van der Waals surface area contributed by atoms with Gasteiger partial charge in [-0.05, 0) is 26.0 Å². The predicted octanol–water partition coefficient (Wildman–Crippen LogP) is 0.427. The Balaban J connectivity index is 4.93. The van der Waals surface area contributed by atoms with Gasteiger partial charge in [-0.25, -0.2) is 4.79 Å². The summed E-state index contributed by atoms with van der Waals surface area (Å²) in [5.74, 6) is -1.49. The van der Waals surface area contributed by atoms with Crippen molar-refractivity contribution in [1.82, 2.24) is 4.90 Å². The van der Waals surface area contributed by atoms with Crippen molar-refractivity contribution in [3.63, 3.8) is 0 Å². The number of carbonyl (C=O) groups is 2. The van der Waals surface area contributed by atoms with Crippen LogP contribution in [-0.2, 0) is 14.3 Å². The number of hydrogen-bond donors (Lipinski definition) is 1. The van der Waals surface area contributed by atoms with Gasteiger partial charge in [-0.3, -0.25) is 4.79 Å². The van der Waals surface area contributed by atoms with Crippen molar-refractivity contribution < 1.29 is 14.3 Å². The van der Waals surface area contributed by atoms with Crippen molar-refractivity contribution in [2.75, 3.05) is 20.7 Å². The van der Waals surface area contributed by atoms with E-state index in [4.69, 9.17) is 10.5 Å². The number of rotatable bonds is 5. The van der Waals surface area contributed by atoms with E-state index in [2.05, 4.69) is 0 Å². The van der Waals surface area contributed by atoms with Crippen LogP contribution in [0.1, 0.15) is 13.8 Å². The van der Waals surface area contributed by atoms with Crippen LogP contribution in [0.3, 0.4) is 0 Å². The van der Waals surface area contributed by atoms with Gasteiger partial charge in [0.05, 0.1) is 6.61 Å². The Morgan fingerprint density at radius 1 is 1.31 bits per heavy atom. The first-order chi connectivity index (χ1) is 7.40. The number of ether oxygens (including phenoxy) is 1. The molecule has 0 aliphatic heterocycles. The molecule has 0 fully saturated rings. The van der Waals surface area contributed by atoms with Gasteiger partial charge in [0.15, 0.2) is 0 Å². The van der Waals surface area contributed by atoms with Crippen LogP contribution in [0.5, 0.6) is 0 Å². The van der Waals surface area contributed by atoms with E-state index in [0.29, 0.717) is 0 Å². The Labute approximate surface area is 95.5 Å². The van der Waals surface area contributed by atoms with Crippen molar-refractivity contribution in [2.45, 2.75) is 13.8 Å². The van der Waals surface area contributed by atoms with Crippen LogP contribution in [0.15, 0.2) is 23.4 Å². The topological polar surface area (TPSA) is 72.6 Å². The van der Waals surface area contributed by atoms with Crippen LogP contribution in [0, 0.1) is 0 Å². The quantitative estimate of drug-likeness (QED) is 0.242. The van der Waals surface area contributed by atoms with E-state index in [0.717, 1.165) is 5.70 Å². The molecule has 2 N–H and O–H groups in total. The molecule has 0 aromatic heterocycles. The summed E-state index contributed by atoms with van der Waals surface area (Å²) in [4.78, 5) is 24.2. The molecule has 90 valence electrons. The van der Waals surface area contributed by atoms with Crippen LogP contribution in [0.2, 0.25) is 0 Å². The summed E-state index contributed by atoms with van der Waals surface area (Å²) in [7, 11) is 3.71. The van der Waals surface area contributed by atoms with E-state index in [9.17, 15) is 9.59 Å². The maximum Gasteiger partial charge on any atom is 0.343 e. The lowest BCUT2D eigenvalue weighted by Gasteiger charge is -2.11. The van der Waals surface area contributed by atoms with Crippen LogP contribution in [0.25, 0.3) is 0 Å². The minimum atomic E-state index is -0.791. The van der Waals surface area contributed by atoms with E-state index >= 15 is 0 Å². The first-order valence-corrected chi connectivity index (χ1v) is 4.93. The lowest BCUT2D eigenvalue weighted by molar-refractivity contribution is -0.139. The normalized spacial score (nSPS) is 12.2. The van der Waals surface area contributed by atoms with Gasteiger partial charge in [0.2, 0.25) is 0 Å². The minimum absolute atomic E-state index is 0.150. The summed E-state index contributed by atoms with van der Waals surface area (Å²) in [6.45, 7) is 3.72. The summed E-state index contributed by atoms with van der Waals surface area (Å²) in [5.41, 5.74) is 5.82. The molecule has 0 rings (SSSR count). The Bertz CT molecular complexity index is 330. The fraction of sp³-hybridized carbons (Fsp3) is 0.455. The van der Waals surface area contributed by atoms with Crippen molar-refractivity contribution in [1.29, 1.82) is 0 Å². The Morgan fingerprint density at radius 3 is 2.25 bits per heavy atom. The molecule has 0 saturated carbocycles. The summed E-state index contributed by atoms with van der Waals surface area (Å²) >= 11 is 0. The number of hydrogen-bond acceptors (Lipinski definition) is 4. The predicted molar refractivity (Wildman–Crippen MR) is 61.4 cm³/mol. The van der Waals surface area contributed by atoms with Crippen LogP contribution in [0.4, 0.5) is 0 Å². The zero-order valence-corrected chi connectivity index (χ0v) is 10.1. The second kappa shape index (κ2) is 6.66. The van der Waals surface area contributed by atoms with Crippen molar-refractivity contribution in [3.05, 3.63) is 23.4 Å². The molecule has 0 aliphatic carbocycles. The summed E-state index contributed by atoms with van der Waals surface area (Å²) < 4.78 is 4.71. The highest BCUT2D eigenvalue weighted by molar-refractivity contribution is 6.15. The third-order valence-electron chi connectivity index (χ3n) is 1.96. The number of nitrogens with two attached hydrogens (primary N) is 1. The average molecular weight is 226 g/mol. The summed E-state index contributed by atoms with van der Waals surface area (Å²) in [5, 5.41) is 0. The van der Waals surface area contributed by atoms with Crippen molar-refractivity contribution in [2.24, 2.45) is 5.73 Å². The van der Waals surface area contributed by atoms with E-state index in [1.54, 1.807) is 13.0 Å². The number of amides is 1. The third kappa shape index (κ3) is 4.63. The molecule has 0 saturated heterocycles. The van der Waals surface area contributed by atoms with Gasteiger partial charge in [0.25, 0.3) is 5.91 Å². The molecule has 0 atom stereocenters. The number of nitrogens with zero attached hydrogens (tertiary/aromatic N) is 1. The Hall–Kier alpha value is -1.78. The molecule has 1 amide bonds. The van der Waals surface area contributed by atoms with Gasteiger partial charge in [-0.1, -0.05) is 0 Å². The fourth-order valence-electron chi connectivity index (χ4n) is 0.813. The van der Waals surface area contributed by atoms with E-state index in [1.165, 1.54) is 6.08 Å². The van der Waals surface area contributed by atoms with Gasteiger partial charge in [-0.2, -0.15) is 0 Å². The SMILES string of the molecule is CCOC(=O)C(=CC=C(C)N(C)C)C(N)=O. The molecule has 5 heteroatoms. The zero-order chi connectivity index (χ0) is 12.7. The molecule has 16 heavy (non-hydrogen) atoms. The fourth-order valence-corrected chi connectivity index (χ4v) is 0.813. The van der Waals surface area contributed by atoms with Gasteiger partial charge < -0.3 is 15.4 Å². The van der Waals surface area contributed by atoms with Gasteiger partial charge in [0.1, 0.15) is 5.57 Å². The average Bonchev–Trinajstić information content (AvgIpc) is 2.17. The number of primary amides is 1. The van der Waals surface area contributed by atoms with Crippen molar-refractivity contribution >= 4 is 11.9 Å². The smallest absolute Gasteiger partial charge is 0.343 e. The minimum Gasteiger partial charge on any atom is -0.462 e. The highest BCUT2D eigenvalue weighted by Gasteiger charge is 2.15. The molecule has 0 aromatic rings. The van der Waals surface area contributed by atoms with Gasteiger partial charge >= 0.3 is 5.97 Å². The molecular formula is C11H18N2O3. The first-order valence-electron chi connectivity index (χ1n) is 4.93. The van der Waals surface area contributed by atoms with E-state index in [1.807, 2.05) is 25.9 Å². The lowest BCUT2D eigenvalue weighted by atomic mass is 10.2. The molecule has 0 bridgehead atoms. The summed E-state index contributed by atoms with van der Waals surface area (Å²) in [6, 6.07) is 0. The van der Waals surface area contributed by atoms with Crippen molar-refractivity contribution in [3.8, 4) is 0 Å². The van der Waals surface area contributed by atoms with Crippen LogP contribution in [-0.4, -0.2) is 37.5 Å². The number of carbonyl (C=O) groups excluding carboxylic acids is 2. The zero-order valence-electron chi connectivity index (χ0n) is 10.1. The molecule has 0 radical (unpaired) electrons. The standard InChI is InChI=1S/C11H18N2O3/c1-5-16-11(15)9(10(12)14)7-6-8(2)13(3)4/h6-7H,5H2,1-4H3,(H2,12,14). The highest BCUT2D eigenvalue weighted by Crippen LogP contribution is 2.02. The molecule has 0 aromatic carbocycles. The molecule has 0 spiro atoms. The monoisotopic (exact) mass is 226 g/mol. The molecular weight excluding hydrogens is 208 g/mol. The van der Waals surface area contributed by atoms with Crippen LogP contribution < -0.4 is 5.73 Å². The van der Waals surface area contributed by atoms with Gasteiger partial charge in [0, 0.05) is 19.8 Å². The maximum absolute atomic E-state index is 11.3. The third-order valence-corrected chi connectivity index (χ3v) is 1.96. The van der Waals surface area contributed by atoms with E-state index < -0.39 is 11.9 Å². The largest absolute Gasteiger partial charge is 0.462 e. The highest BCUT2D eigenvalue weighted by atomic mass is 16.5. The van der Waals surface area contributed by atoms with Crippen LogP contribution >= 0.6 is 0 Å². The number of esters is 1. The van der Waals surface area contributed by atoms with Gasteiger partial charge in [-0.15, -0.1) is 0 Å². The second-order valence-electron chi connectivity index (χ2n) is 3.37. The number of allylic oxidation sites excluding steroid dienone is 3. The molecule has 5 nitrogen and oxygen atoms in total. The second-order valence-corrected chi connectivity index (χ2v) is 3.37. The molecule has 0 heterocycles. The Morgan fingerprint density at radius 2 is 1.88 bits per heavy atom. The maximum atomic E-state index is 11.3. The molecule has 0 unspecified atom stereocenters. The molecule has 0 aliphatic rings. The summed E-state index contributed by atoms with van der Waals surface area (Å²) in [6.07, 6.45) is 3.01. The Kier molecular flexibility index (Phi) is 5.92.